The highest BCUT2D eigenvalue weighted by molar-refractivity contribution is 9.10. The lowest BCUT2D eigenvalue weighted by Gasteiger charge is -2.11. The number of aliphatic imine (C=N–C) groups is 1. The molecule has 0 bridgehead atoms. The van der Waals surface area contributed by atoms with Gasteiger partial charge < -0.3 is 19.4 Å². The second-order valence-corrected chi connectivity index (χ2v) is 9.44. The minimum absolute atomic E-state index is 0.00478. The average Bonchev–Trinajstić information content (AvgIpc) is 3.24. The first-order chi connectivity index (χ1) is 16.4. The largest absolute Gasteiger partial charge is 0.494 e. The fourth-order valence-electron chi connectivity index (χ4n) is 2.98. The van der Waals surface area contributed by atoms with Crippen molar-refractivity contribution >= 4 is 51.2 Å². The lowest BCUT2D eigenvalue weighted by atomic mass is 10.3. The van der Waals surface area contributed by atoms with Crippen LogP contribution in [0.4, 0.5) is 11.4 Å². The molecule has 1 heterocycles. The van der Waals surface area contributed by atoms with Crippen molar-refractivity contribution in [2.24, 2.45) is 4.99 Å². The van der Waals surface area contributed by atoms with Gasteiger partial charge in [0.15, 0.2) is 0 Å². The Kier molecular flexibility index (Phi) is 10.1. The van der Waals surface area contributed by atoms with Crippen LogP contribution in [0.3, 0.4) is 0 Å². The van der Waals surface area contributed by atoms with Crippen molar-refractivity contribution in [2.45, 2.75) is 24.2 Å². The molecule has 8 nitrogen and oxygen atoms in total. The highest BCUT2D eigenvalue weighted by atomic mass is 79.9. The Morgan fingerprint density at radius 1 is 1.21 bits per heavy atom. The Morgan fingerprint density at radius 3 is 2.71 bits per heavy atom. The summed E-state index contributed by atoms with van der Waals surface area (Å²) in [6, 6.07) is 13.2. The van der Waals surface area contributed by atoms with Crippen molar-refractivity contribution in [3.05, 3.63) is 58.7 Å². The minimum atomic E-state index is -0.234. The van der Waals surface area contributed by atoms with E-state index in [0.717, 1.165) is 33.8 Å². The molecule has 34 heavy (non-hydrogen) atoms. The van der Waals surface area contributed by atoms with Crippen LogP contribution in [0.2, 0.25) is 0 Å². The molecule has 3 aromatic rings. The summed E-state index contributed by atoms with van der Waals surface area (Å²) in [6.07, 6.45) is 5.06. The second kappa shape index (κ2) is 13.3. The number of nitrogens with zero attached hydrogens (tertiary/aromatic N) is 4. The molecular formula is C24H28BrN5O3S. The van der Waals surface area contributed by atoms with Crippen LogP contribution in [-0.4, -0.2) is 60.7 Å². The zero-order chi connectivity index (χ0) is 24.3. The molecule has 1 amide bonds. The maximum absolute atomic E-state index is 12.3. The van der Waals surface area contributed by atoms with Crippen LogP contribution >= 0.6 is 27.7 Å². The lowest BCUT2D eigenvalue weighted by Crippen LogP contribution is -2.15. The van der Waals surface area contributed by atoms with Crippen LogP contribution < -0.4 is 10.1 Å². The van der Waals surface area contributed by atoms with E-state index in [-0.39, 0.29) is 18.2 Å². The van der Waals surface area contributed by atoms with Gasteiger partial charge in [-0.1, -0.05) is 15.9 Å². The molecule has 0 spiro atoms. The summed E-state index contributed by atoms with van der Waals surface area (Å²) in [6.45, 7) is 1.62. The minimum Gasteiger partial charge on any atom is -0.494 e. The second-order valence-electron chi connectivity index (χ2n) is 7.68. The number of anilines is 1. The molecule has 0 aliphatic rings. The van der Waals surface area contributed by atoms with E-state index in [4.69, 9.17) is 9.15 Å². The van der Waals surface area contributed by atoms with Gasteiger partial charge >= 0.3 is 0 Å². The molecule has 3 rings (SSSR count). The molecule has 0 atom stereocenters. The van der Waals surface area contributed by atoms with Gasteiger partial charge in [0.25, 0.3) is 0 Å². The number of amides is 1. The van der Waals surface area contributed by atoms with Crippen molar-refractivity contribution in [1.29, 1.82) is 0 Å². The molecule has 0 aliphatic heterocycles. The molecule has 0 fully saturated rings. The fraction of sp³-hybridized carbons (Fsp3) is 0.333. The number of halogens is 1. The van der Waals surface area contributed by atoms with Crippen molar-refractivity contribution in [3.8, 4) is 5.75 Å². The van der Waals surface area contributed by atoms with Gasteiger partial charge in [-0.2, -0.15) is 0 Å². The number of nitrogens with one attached hydrogen (secondary N) is 1. The van der Waals surface area contributed by atoms with Gasteiger partial charge in [0.05, 0.1) is 18.7 Å². The molecule has 0 saturated carbocycles. The predicted molar refractivity (Wildman–Crippen MR) is 140 cm³/mol. The van der Waals surface area contributed by atoms with Gasteiger partial charge in [-0.05, 0) is 69.2 Å². The van der Waals surface area contributed by atoms with Crippen molar-refractivity contribution < 1.29 is 13.9 Å². The molecule has 0 saturated heterocycles. The van der Waals surface area contributed by atoms with Crippen LogP contribution in [0.1, 0.15) is 18.2 Å². The Bertz CT molecular complexity index is 1100. The van der Waals surface area contributed by atoms with Crippen molar-refractivity contribution in [1.82, 2.24) is 15.1 Å². The summed E-state index contributed by atoms with van der Waals surface area (Å²) in [5.74, 6) is 1.20. The summed E-state index contributed by atoms with van der Waals surface area (Å²) in [5, 5.41) is 10.8. The zero-order valence-electron chi connectivity index (χ0n) is 19.5. The number of aromatic nitrogens is 2. The molecule has 10 heteroatoms. The standard InChI is InChI=1S/C24H28BrN5O3S/c1-30(2)13-4-14-32-19-8-6-18(7-9-19)27-22(31)16-24-29-28-23(33-24)11-12-26-20-15-17(25)5-10-21(20)34-3/h5-10,12,15H,4,11,13-14,16H2,1-3H3,(H,27,31). The summed E-state index contributed by atoms with van der Waals surface area (Å²) in [7, 11) is 4.07. The number of carbonyl (C=O) groups is 1. The van der Waals surface area contributed by atoms with E-state index in [1.165, 1.54) is 0 Å². The molecule has 0 unspecified atom stereocenters. The Morgan fingerprint density at radius 2 is 1.97 bits per heavy atom. The molecule has 1 N–H and O–H groups in total. The fourth-order valence-corrected chi connectivity index (χ4v) is 3.85. The van der Waals surface area contributed by atoms with Crippen molar-refractivity contribution in [3.63, 3.8) is 0 Å². The topological polar surface area (TPSA) is 92.8 Å². The monoisotopic (exact) mass is 545 g/mol. The number of carbonyl (C=O) groups excluding carboxylic acids is 1. The quantitative estimate of drug-likeness (QED) is 0.194. The van der Waals surface area contributed by atoms with Crippen LogP contribution in [0.15, 0.2) is 61.2 Å². The summed E-state index contributed by atoms with van der Waals surface area (Å²) >= 11 is 5.09. The summed E-state index contributed by atoms with van der Waals surface area (Å²) in [4.78, 5) is 20.0. The predicted octanol–water partition coefficient (Wildman–Crippen LogP) is 5.01. The Hall–Kier alpha value is -2.69. The highest BCUT2D eigenvalue weighted by Gasteiger charge is 2.11. The molecule has 180 valence electrons. The summed E-state index contributed by atoms with van der Waals surface area (Å²) in [5.41, 5.74) is 1.54. The molecular weight excluding hydrogens is 518 g/mol. The van der Waals surface area contributed by atoms with Gasteiger partial charge in [0.1, 0.15) is 12.2 Å². The third-order valence-corrected chi connectivity index (χ3v) is 5.89. The number of benzene rings is 2. The van der Waals surface area contributed by atoms with Gasteiger partial charge in [-0.15, -0.1) is 22.0 Å². The average molecular weight is 546 g/mol. The third-order valence-electron chi connectivity index (χ3n) is 4.61. The van der Waals surface area contributed by atoms with Crippen molar-refractivity contribution in [2.75, 3.05) is 38.8 Å². The van der Waals surface area contributed by atoms with Crippen LogP contribution in [0, 0.1) is 0 Å². The first kappa shape index (κ1) is 25.9. The number of thioether (sulfide) groups is 1. The Labute approximate surface area is 212 Å². The van der Waals surface area contributed by atoms with Crippen LogP contribution in [0.25, 0.3) is 0 Å². The SMILES string of the molecule is CSc1ccc(Br)cc1N=CCc1nnc(CC(=O)Nc2ccc(OCCCN(C)C)cc2)o1. The lowest BCUT2D eigenvalue weighted by molar-refractivity contribution is -0.115. The first-order valence-corrected chi connectivity index (χ1v) is 12.8. The number of hydrogen-bond acceptors (Lipinski definition) is 8. The van der Waals surface area contributed by atoms with Gasteiger partial charge in [0.2, 0.25) is 17.7 Å². The summed E-state index contributed by atoms with van der Waals surface area (Å²) < 4.78 is 12.3. The highest BCUT2D eigenvalue weighted by Crippen LogP contribution is 2.30. The zero-order valence-corrected chi connectivity index (χ0v) is 21.9. The molecule has 1 aromatic heterocycles. The number of hydrogen-bond donors (Lipinski definition) is 1. The van der Waals surface area contributed by atoms with E-state index in [9.17, 15) is 4.79 Å². The van der Waals surface area contributed by atoms with E-state index in [1.807, 2.05) is 50.7 Å². The molecule has 0 radical (unpaired) electrons. The van der Waals surface area contributed by atoms with Gasteiger partial charge in [-0.25, -0.2) is 0 Å². The van der Waals surface area contributed by atoms with E-state index in [0.29, 0.717) is 24.6 Å². The number of ether oxygens (including phenoxy) is 1. The maximum atomic E-state index is 12.3. The van der Waals surface area contributed by atoms with E-state index in [2.05, 4.69) is 41.3 Å². The Balaban J connectivity index is 1.45. The third kappa shape index (κ3) is 8.58. The maximum Gasteiger partial charge on any atom is 0.233 e. The van der Waals surface area contributed by atoms with Gasteiger partial charge in [0, 0.05) is 27.8 Å². The van der Waals surface area contributed by atoms with E-state index >= 15 is 0 Å². The van der Waals surface area contributed by atoms with Gasteiger partial charge in [-0.3, -0.25) is 9.79 Å². The van der Waals surface area contributed by atoms with Crippen LogP contribution in [-0.2, 0) is 17.6 Å². The molecule has 2 aromatic carbocycles. The number of rotatable bonds is 12. The first-order valence-electron chi connectivity index (χ1n) is 10.8. The smallest absolute Gasteiger partial charge is 0.233 e. The van der Waals surface area contributed by atoms with E-state index < -0.39 is 0 Å². The van der Waals surface area contributed by atoms with E-state index in [1.54, 1.807) is 30.1 Å². The normalized spacial score (nSPS) is 11.3. The van der Waals surface area contributed by atoms with Crippen LogP contribution in [0.5, 0.6) is 5.75 Å². The molecule has 0 aliphatic carbocycles.